The Balaban J connectivity index is 2.27. The Morgan fingerprint density at radius 3 is 2.60 bits per heavy atom. The summed E-state index contributed by atoms with van der Waals surface area (Å²) < 4.78 is 4.74. The molecule has 0 aliphatic rings. The Morgan fingerprint density at radius 2 is 1.87 bits per heavy atom. The van der Waals surface area contributed by atoms with Gasteiger partial charge in [-0.2, -0.15) is 0 Å². The van der Waals surface area contributed by atoms with E-state index in [9.17, 15) is 0 Å². The monoisotopic (exact) mass is 440 g/mol. The Morgan fingerprint density at radius 1 is 1.07 bits per heavy atom. The molecule has 0 N–H and O–H groups in total. The molecule has 3 rings (SSSR count). The first kappa shape index (κ1) is 10.3. The molecule has 0 saturated heterocycles. The van der Waals surface area contributed by atoms with Gasteiger partial charge in [0.15, 0.2) is 0 Å². The first-order valence-corrected chi connectivity index (χ1v) is 8.86. The molecule has 74 valence electrons. The molecule has 3 aromatic rings. The Kier molecular flexibility index (Phi) is 2.90. The molecule has 15 heavy (non-hydrogen) atoms. The van der Waals surface area contributed by atoms with E-state index in [-0.39, 0.29) is 20.4 Å². The predicted molar refractivity (Wildman–Crippen MR) is 76.9 cm³/mol. The van der Waals surface area contributed by atoms with Crippen LogP contribution in [-0.4, -0.2) is 20.4 Å². The second-order valence-corrected chi connectivity index (χ2v) is 8.95. The van der Waals surface area contributed by atoms with Crippen molar-refractivity contribution in [2.75, 3.05) is 0 Å². The zero-order valence-corrected chi connectivity index (χ0v) is 13.0. The van der Waals surface area contributed by atoms with Crippen molar-refractivity contribution in [3.63, 3.8) is 0 Å². The van der Waals surface area contributed by atoms with E-state index in [1.807, 2.05) is 11.3 Å². The second kappa shape index (κ2) is 4.21. The number of rotatable bonds is 1. The van der Waals surface area contributed by atoms with Gasteiger partial charge in [0.25, 0.3) is 0 Å². The molecule has 2 aromatic heterocycles. The van der Waals surface area contributed by atoms with Gasteiger partial charge in [0.2, 0.25) is 0 Å². The fourth-order valence-corrected chi connectivity index (χ4v) is 8.57. The summed E-state index contributed by atoms with van der Waals surface area (Å²) in [5.74, 6) is 0. The number of fused-ring (bicyclic) bond motifs is 1. The SMILES string of the molecule is Ic1c(-c2ccccc2)[te]c2sccc12. The molecular weight excluding hydrogens is 431 g/mol. The van der Waals surface area contributed by atoms with Crippen molar-refractivity contribution in [1.82, 2.24) is 0 Å². The average Bonchev–Trinajstić information content (AvgIpc) is 2.83. The van der Waals surface area contributed by atoms with Gasteiger partial charge in [-0.05, 0) is 0 Å². The van der Waals surface area contributed by atoms with Crippen molar-refractivity contribution in [2.24, 2.45) is 0 Å². The average molecular weight is 438 g/mol. The third kappa shape index (κ3) is 1.80. The topological polar surface area (TPSA) is 0 Å². The molecule has 0 bridgehead atoms. The molecule has 0 unspecified atom stereocenters. The Hall–Kier alpha value is 0.180. The van der Waals surface area contributed by atoms with Crippen molar-refractivity contribution in [2.45, 2.75) is 0 Å². The van der Waals surface area contributed by atoms with Gasteiger partial charge in [0.05, 0.1) is 0 Å². The van der Waals surface area contributed by atoms with E-state index < -0.39 is 0 Å². The molecule has 0 fully saturated rings. The third-order valence-electron chi connectivity index (χ3n) is 2.30. The molecular formula is C12H7ISTe. The molecule has 3 heteroatoms. The minimum atomic E-state index is -0.123. The van der Waals surface area contributed by atoms with Crippen molar-refractivity contribution < 1.29 is 0 Å². The summed E-state index contributed by atoms with van der Waals surface area (Å²) in [4.78, 5) is 0. The van der Waals surface area contributed by atoms with Crippen LogP contribution >= 0.6 is 33.9 Å². The minimum absolute atomic E-state index is 0.123. The van der Waals surface area contributed by atoms with E-state index in [2.05, 4.69) is 64.4 Å². The fraction of sp³-hybridized carbons (Fsp3) is 0. The molecule has 0 amide bonds. The number of benzene rings is 1. The zero-order valence-electron chi connectivity index (χ0n) is 7.74. The molecule has 0 atom stereocenters. The van der Waals surface area contributed by atoms with Crippen LogP contribution in [0.1, 0.15) is 0 Å². The molecule has 2 heterocycles. The summed E-state index contributed by atoms with van der Waals surface area (Å²) in [7, 11) is 0. The standard InChI is InChI=1S/C12H7ISTe/c13-10-9-6-7-14-12(9)15-11(10)8-4-2-1-3-5-8/h1-7H. The van der Waals surface area contributed by atoms with Crippen molar-refractivity contribution in [1.29, 1.82) is 0 Å². The van der Waals surface area contributed by atoms with Gasteiger partial charge in [0.1, 0.15) is 0 Å². The summed E-state index contributed by atoms with van der Waals surface area (Å²) >= 11 is 4.31. The van der Waals surface area contributed by atoms with Crippen LogP contribution in [0.4, 0.5) is 0 Å². The van der Waals surface area contributed by atoms with Crippen LogP contribution in [0.2, 0.25) is 0 Å². The van der Waals surface area contributed by atoms with Crippen LogP contribution in [0.5, 0.6) is 0 Å². The summed E-state index contributed by atoms with van der Waals surface area (Å²) in [6.45, 7) is 0. The first-order chi connectivity index (χ1) is 7.36. The first-order valence-electron chi connectivity index (χ1n) is 4.57. The summed E-state index contributed by atoms with van der Waals surface area (Å²) in [6.07, 6.45) is 0. The van der Waals surface area contributed by atoms with Crippen molar-refractivity contribution >= 4 is 62.5 Å². The maximum atomic E-state index is 2.50. The molecule has 0 aliphatic heterocycles. The van der Waals surface area contributed by atoms with Gasteiger partial charge in [-0.3, -0.25) is 0 Å². The van der Waals surface area contributed by atoms with E-state index in [1.165, 1.54) is 14.5 Å². The van der Waals surface area contributed by atoms with Crippen LogP contribution < -0.4 is 0 Å². The normalized spacial score (nSPS) is 11.0. The summed E-state index contributed by atoms with van der Waals surface area (Å²) in [6, 6.07) is 13.1. The van der Waals surface area contributed by atoms with Gasteiger partial charge in [-0.15, -0.1) is 0 Å². The third-order valence-corrected chi connectivity index (χ3v) is 9.64. The quantitative estimate of drug-likeness (QED) is 0.395. The Labute approximate surface area is 116 Å². The van der Waals surface area contributed by atoms with Gasteiger partial charge in [0, 0.05) is 0 Å². The van der Waals surface area contributed by atoms with Gasteiger partial charge >= 0.3 is 117 Å². The summed E-state index contributed by atoms with van der Waals surface area (Å²) in [5.41, 5.74) is 1.42. The van der Waals surface area contributed by atoms with E-state index >= 15 is 0 Å². The van der Waals surface area contributed by atoms with Gasteiger partial charge in [-0.1, -0.05) is 0 Å². The molecule has 1 aromatic carbocycles. The van der Waals surface area contributed by atoms with Crippen LogP contribution in [0, 0.1) is 3.57 Å². The zero-order chi connectivity index (χ0) is 10.3. The number of hydrogen-bond donors (Lipinski definition) is 0. The van der Waals surface area contributed by atoms with Gasteiger partial charge < -0.3 is 0 Å². The van der Waals surface area contributed by atoms with Crippen LogP contribution in [0.3, 0.4) is 0 Å². The summed E-state index contributed by atoms with van der Waals surface area (Å²) in [5, 5.41) is 3.72. The van der Waals surface area contributed by atoms with E-state index in [0.29, 0.717) is 0 Å². The van der Waals surface area contributed by atoms with Crippen LogP contribution in [-0.2, 0) is 0 Å². The van der Waals surface area contributed by atoms with Crippen LogP contribution in [0.15, 0.2) is 41.8 Å². The molecule has 0 aliphatic carbocycles. The maximum absolute atomic E-state index is 2.50. The van der Waals surface area contributed by atoms with E-state index in [0.717, 1.165) is 0 Å². The molecule has 0 nitrogen and oxygen atoms in total. The van der Waals surface area contributed by atoms with Crippen molar-refractivity contribution in [3.8, 4) is 9.14 Å². The molecule has 0 saturated carbocycles. The van der Waals surface area contributed by atoms with E-state index in [4.69, 9.17) is 0 Å². The number of halogens is 1. The van der Waals surface area contributed by atoms with Gasteiger partial charge in [-0.25, -0.2) is 0 Å². The number of hydrogen-bond acceptors (Lipinski definition) is 1. The Bertz CT molecular complexity index is 594. The predicted octanol–water partition coefficient (Wildman–Crippen LogP) is 4.23. The van der Waals surface area contributed by atoms with Crippen molar-refractivity contribution in [3.05, 3.63) is 45.3 Å². The number of thiophene rings is 1. The fourth-order valence-electron chi connectivity index (χ4n) is 1.57. The second-order valence-electron chi connectivity index (χ2n) is 3.23. The molecule has 0 radical (unpaired) electrons. The van der Waals surface area contributed by atoms with E-state index in [1.54, 1.807) is 6.30 Å². The van der Waals surface area contributed by atoms with Crippen LogP contribution in [0.25, 0.3) is 17.2 Å². The molecule has 0 spiro atoms.